The van der Waals surface area contributed by atoms with E-state index in [-0.39, 0.29) is 16.7 Å². The lowest BCUT2D eigenvalue weighted by Gasteiger charge is -2.28. The SMILES string of the molecule is C=C(C)C1(Cl)C2CCC1c1c(OC)ccc(OC)c12. The Bertz CT molecular complexity index is 511. The number of methoxy groups -OCH3 is 2. The fourth-order valence-corrected chi connectivity index (χ4v) is 4.41. The van der Waals surface area contributed by atoms with E-state index in [0.717, 1.165) is 29.9 Å². The van der Waals surface area contributed by atoms with Crippen LogP contribution in [0.25, 0.3) is 0 Å². The second-order valence-corrected chi connectivity index (χ2v) is 6.15. The van der Waals surface area contributed by atoms with Gasteiger partial charge in [-0.3, -0.25) is 0 Å². The van der Waals surface area contributed by atoms with Crippen molar-refractivity contribution in [2.45, 2.75) is 36.5 Å². The number of ether oxygens (including phenoxy) is 2. The Morgan fingerprint density at radius 2 is 1.58 bits per heavy atom. The Labute approximate surface area is 119 Å². The van der Waals surface area contributed by atoms with Gasteiger partial charge in [0.1, 0.15) is 11.5 Å². The van der Waals surface area contributed by atoms with Gasteiger partial charge in [-0.2, -0.15) is 0 Å². The number of hydrogen-bond donors (Lipinski definition) is 0. The third-order valence-electron chi connectivity index (χ3n) is 4.76. The molecule has 1 aromatic rings. The highest BCUT2D eigenvalue weighted by atomic mass is 35.5. The summed E-state index contributed by atoms with van der Waals surface area (Å²) in [5.41, 5.74) is 3.51. The lowest BCUT2D eigenvalue weighted by molar-refractivity contribution is 0.391. The fourth-order valence-electron chi connectivity index (χ4n) is 3.97. The van der Waals surface area contributed by atoms with E-state index < -0.39 is 0 Å². The normalized spacial score (nSPS) is 31.2. The van der Waals surface area contributed by atoms with Gasteiger partial charge in [-0.1, -0.05) is 12.2 Å². The minimum atomic E-state index is -0.371. The molecule has 0 aliphatic heterocycles. The van der Waals surface area contributed by atoms with Gasteiger partial charge in [0.05, 0.1) is 19.1 Å². The van der Waals surface area contributed by atoms with Crippen molar-refractivity contribution in [2.24, 2.45) is 0 Å². The summed E-state index contributed by atoms with van der Waals surface area (Å²) in [6.45, 7) is 6.16. The maximum Gasteiger partial charge on any atom is 0.122 e. The molecule has 1 aromatic carbocycles. The van der Waals surface area contributed by atoms with Crippen molar-refractivity contribution in [1.29, 1.82) is 0 Å². The number of alkyl halides is 1. The molecule has 1 saturated carbocycles. The van der Waals surface area contributed by atoms with Crippen molar-refractivity contribution in [3.05, 3.63) is 35.4 Å². The molecule has 2 aliphatic carbocycles. The summed E-state index contributed by atoms with van der Waals surface area (Å²) in [7, 11) is 3.43. The standard InChI is InChI=1S/C16H19ClO2/c1-9(2)16(17)10-5-6-11(16)15-13(19-4)8-7-12(18-3)14(10)15/h7-8,10-11H,1,5-6H2,2-4H3. The van der Waals surface area contributed by atoms with Crippen LogP contribution in [0.5, 0.6) is 11.5 Å². The van der Waals surface area contributed by atoms with Crippen LogP contribution in [0.4, 0.5) is 0 Å². The molecular weight excluding hydrogens is 260 g/mol. The molecule has 2 nitrogen and oxygen atoms in total. The monoisotopic (exact) mass is 278 g/mol. The van der Waals surface area contributed by atoms with Gasteiger partial charge in [-0.25, -0.2) is 0 Å². The van der Waals surface area contributed by atoms with Gasteiger partial charge in [0.2, 0.25) is 0 Å². The first-order valence-corrected chi connectivity index (χ1v) is 7.03. The molecule has 0 N–H and O–H groups in total. The molecule has 3 heteroatoms. The highest BCUT2D eigenvalue weighted by Crippen LogP contribution is 2.68. The maximum absolute atomic E-state index is 6.98. The molecule has 0 spiro atoms. The number of benzene rings is 1. The van der Waals surface area contributed by atoms with Crippen LogP contribution in [0, 0.1) is 0 Å². The Balaban J connectivity index is 2.26. The van der Waals surface area contributed by atoms with E-state index in [1.165, 1.54) is 11.1 Å². The van der Waals surface area contributed by atoms with Gasteiger partial charge in [-0.15, -0.1) is 11.6 Å². The van der Waals surface area contributed by atoms with Crippen LogP contribution in [0.3, 0.4) is 0 Å². The minimum Gasteiger partial charge on any atom is -0.496 e. The van der Waals surface area contributed by atoms with Gasteiger partial charge in [-0.05, 0) is 31.9 Å². The van der Waals surface area contributed by atoms with Gasteiger partial charge >= 0.3 is 0 Å². The van der Waals surface area contributed by atoms with Crippen LogP contribution in [0.15, 0.2) is 24.3 Å². The molecule has 102 valence electrons. The van der Waals surface area contributed by atoms with Gasteiger partial charge in [0, 0.05) is 23.0 Å². The average Bonchev–Trinajstić information content (AvgIpc) is 2.88. The number of fused-ring (bicyclic) bond motifs is 5. The van der Waals surface area contributed by atoms with Crippen LogP contribution >= 0.6 is 11.6 Å². The third kappa shape index (κ3) is 1.44. The van der Waals surface area contributed by atoms with Crippen molar-refractivity contribution in [3.8, 4) is 11.5 Å². The van der Waals surface area contributed by atoms with E-state index in [2.05, 4.69) is 6.58 Å². The molecular formula is C16H19ClO2. The fraction of sp³-hybridized carbons (Fsp3) is 0.500. The number of allylic oxidation sites excluding steroid dienone is 1. The molecule has 0 radical (unpaired) electrons. The molecule has 3 rings (SSSR count). The summed E-state index contributed by atoms with van der Waals surface area (Å²) >= 11 is 6.98. The van der Waals surface area contributed by atoms with Crippen LogP contribution in [-0.2, 0) is 0 Å². The smallest absolute Gasteiger partial charge is 0.122 e. The Kier molecular flexibility index (Phi) is 2.82. The minimum absolute atomic E-state index is 0.289. The lowest BCUT2D eigenvalue weighted by Crippen LogP contribution is -2.26. The predicted octanol–water partition coefficient (Wildman–Crippen LogP) is 4.23. The van der Waals surface area contributed by atoms with Crippen molar-refractivity contribution >= 4 is 11.6 Å². The second kappa shape index (κ2) is 4.17. The summed E-state index contributed by atoms with van der Waals surface area (Å²) in [5.74, 6) is 2.43. The van der Waals surface area contributed by atoms with E-state index in [1.54, 1.807) is 14.2 Å². The summed E-state index contributed by atoms with van der Waals surface area (Å²) in [5, 5.41) is 0. The zero-order valence-corrected chi connectivity index (χ0v) is 12.4. The summed E-state index contributed by atoms with van der Waals surface area (Å²) in [4.78, 5) is -0.371. The third-order valence-corrected chi connectivity index (χ3v) is 5.61. The lowest BCUT2D eigenvalue weighted by atomic mass is 9.88. The molecule has 1 fully saturated rings. The van der Waals surface area contributed by atoms with Crippen LogP contribution in [0.1, 0.15) is 42.7 Å². The summed E-state index contributed by atoms with van der Waals surface area (Å²) in [6, 6.07) is 3.96. The highest BCUT2D eigenvalue weighted by Gasteiger charge is 2.59. The molecule has 2 atom stereocenters. The number of hydrogen-bond acceptors (Lipinski definition) is 2. The zero-order chi connectivity index (χ0) is 13.8. The largest absolute Gasteiger partial charge is 0.496 e. The molecule has 0 saturated heterocycles. The van der Waals surface area contributed by atoms with Crippen molar-refractivity contribution < 1.29 is 9.47 Å². The van der Waals surface area contributed by atoms with Gasteiger partial charge in [0.25, 0.3) is 0 Å². The first-order chi connectivity index (χ1) is 9.05. The molecule has 0 aromatic heterocycles. The van der Waals surface area contributed by atoms with Gasteiger partial charge in [0.15, 0.2) is 0 Å². The summed E-state index contributed by atoms with van der Waals surface area (Å²) < 4.78 is 11.1. The van der Waals surface area contributed by atoms with E-state index in [9.17, 15) is 0 Å². The van der Waals surface area contributed by atoms with Crippen LogP contribution < -0.4 is 9.47 Å². The average molecular weight is 279 g/mol. The van der Waals surface area contributed by atoms with Crippen LogP contribution in [-0.4, -0.2) is 19.1 Å². The first-order valence-electron chi connectivity index (χ1n) is 6.65. The van der Waals surface area contributed by atoms with Crippen molar-refractivity contribution in [3.63, 3.8) is 0 Å². The molecule has 19 heavy (non-hydrogen) atoms. The second-order valence-electron chi connectivity index (χ2n) is 5.53. The molecule has 2 unspecified atom stereocenters. The quantitative estimate of drug-likeness (QED) is 0.608. The first kappa shape index (κ1) is 12.9. The Hall–Kier alpha value is -1.15. The molecule has 0 heterocycles. The Morgan fingerprint density at radius 3 is 1.89 bits per heavy atom. The maximum atomic E-state index is 6.98. The van der Waals surface area contributed by atoms with E-state index in [0.29, 0.717) is 0 Å². The molecule has 0 amide bonds. The molecule has 2 aliphatic rings. The summed E-state index contributed by atoms with van der Waals surface area (Å²) in [6.07, 6.45) is 2.19. The predicted molar refractivity (Wildman–Crippen MR) is 77.7 cm³/mol. The zero-order valence-electron chi connectivity index (χ0n) is 11.6. The van der Waals surface area contributed by atoms with Crippen molar-refractivity contribution in [2.75, 3.05) is 14.2 Å². The number of rotatable bonds is 3. The van der Waals surface area contributed by atoms with Crippen molar-refractivity contribution in [1.82, 2.24) is 0 Å². The van der Waals surface area contributed by atoms with E-state index in [1.807, 2.05) is 19.1 Å². The topological polar surface area (TPSA) is 18.5 Å². The highest BCUT2D eigenvalue weighted by molar-refractivity contribution is 6.28. The number of halogens is 1. The van der Waals surface area contributed by atoms with Gasteiger partial charge < -0.3 is 9.47 Å². The van der Waals surface area contributed by atoms with Crippen LogP contribution in [0.2, 0.25) is 0 Å². The van der Waals surface area contributed by atoms with E-state index >= 15 is 0 Å². The van der Waals surface area contributed by atoms with E-state index in [4.69, 9.17) is 21.1 Å². The Morgan fingerprint density at radius 1 is 1.16 bits per heavy atom. The molecule has 2 bridgehead atoms.